The number of ketones is 1. The van der Waals surface area contributed by atoms with E-state index in [0.717, 1.165) is 24.2 Å². The van der Waals surface area contributed by atoms with E-state index in [9.17, 15) is 14.7 Å². The monoisotopic (exact) mass is 493 g/mol. The number of rotatable bonds is 6. The fraction of sp³-hybridized carbons (Fsp3) is 0.462. The Bertz CT molecular complexity index is 1140. The molecule has 1 aliphatic carbocycles. The zero-order valence-electron chi connectivity index (χ0n) is 19.4. The second-order valence-electron chi connectivity index (χ2n) is 9.69. The number of piperidine rings is 1. The summed E-state index contributed by atoms with van der Waals surface area (Å²) in [5, 5.41) is 23.3. The highest BCUT2D eigenvalue weighted by Gasteiger charge is 2.60. The number of carbonyl (C=O) groups is 2. The van der Waals surface area contributed by atoms with Gasteiger partial charge in [-0.1, -0.05) is 23.7 Å². The molecule has 1 saturated carbocycles. The van der Waals surface area contributed by atoms with Gasteiger partial charge in [-0.2, -0.15) is 5.26 Å². The third kappa shape index (κ3) is 4.35. The van der Waals surface area contributed by atoms with Crippen LogP contribution in [-0.2, 0) is 4.79 Å². The van der Waals surface area contributed by atoms with E-state index in [0.29, 0.717) is 49.6 Å². The van der Waals surface area contributed by atoms with Gasteiger partial charge in [0.15, 0.2) is 5.78 Å². The van der Waals surface area contributed by atoms with Crippen molar-refractivity contribution < 1.29 is 14.7 Å². The number of hydrogen-bond donors (Lipinski definition) is 2. The second-order valence-corrected chi connectivity index (χ2v) is 10.1. The molecule has 2 atom stereocenters. The molecular weight excluding hydrogens is 466 g/mol. The molecule has 0 spiro atoms. The predicted octanol–water partition coefficient (Wildman–Crippen LogP) is 3.66. The summed E-state index contributed by atoms with van der Waals surface area (Å²) < 4.78 is 0. The van der Waals surface area contributed by atoms with Crippen LogP contribution in [0.25, 0.3) is 0 Å². The van der Waals surface area contributed by atoms with Crippen molar-refractivity contribution in [3.8, 4) is 6.07 Å². The third-order valence-electron chi connectivity index (χ3n) is 7.63. The van der Waals surface area contributed by atoms with Crippen molar-refractivity contribution in [2.24, 2.45) is 5.92 Å². The first kappa shape index (κ1) is 23.6. The molecule has 3 fully saturated rings. The summed E-state index contributed by atoms with van der Waals surface area (Å²) in [5.41, 5.74) is 0.302. The molecule has 9 heteroatoms. The second kappa shape index (κ2) is 9.48. The maximum Gasteiger partial charge on any atom is 0.408 e. The van der Waals surface area contributed by atoms with Crippen molar-refractivity contribution in [3.63, 3.8) is 0 Å². The van der Waals surface area contributed by atoms with Crippen molar-refractivity contribution in [3.05, 3.63) is 58.7 Å². The van der Waals surface area contributed by atoms with Crippen LogP contribution in [0.1, 0.15) is 42.7 Å². The maximum absolute atomic E-state index is 14.3. The molecule has 35 heavy (non-hydrogen) atoms. The lowest BCUT2D eigenvalue weighted by molar-refractivity contribution is -0.135. The summed E-state index contributed by atoms with van der Waals surface area (Å²) in [6.45, 7) is 2.17. The van der Waals surface area contributed by atoms with Gasteiger partial charge in [-0.05, 0) is 55.5 Å². The van der Waals surface area contributed by atoms with E-state index in [-0.39, 0.29) is 23.7 Å². The normalized spacial score (nSPS) is 24.7. The minimum absolute atomic E-state index is 0.0178. The van der Waals surface area contributed by atoms with Gasteiger partial charge >= 0.3 is 6.09 Å². The molecule has 3 heterocycles. The van der Waals surface area contributed by atoms with Crippen LogP contribution in [0.15, 0.2) is 42.6 Å². The summed E-state index contributed by atoms with van der Waals surface area (Å²) in [6, 6.07) is 13.0. The van der Waals surface area contributed by atoms with Crippen molar-refractivity contribution in [1.82, 2.24) is 15.2 Å². The van der Waals surface area contributed by atoms with Gasteiger partial charge < -0.3 is 15.3 Å². The Hall–Kier alpha value is -3.15. The van der Waals surface area contributed by atoms with Gasteiger partial charge in [-0.3, -0.25) is 9.69 Å². The first-order valence-corrected chi connectivity index (χ1v) is 12.5. The van der Waals surface area contributed by atoms with Crippen molar-refractivity contribution in [2.75, 3.05) is 31.1 Å². The van der Waals surface area contributed by atoms with E-state index >= 15 is 0 Å². The summed E-state index contributed by atoms with van der Waals surface area (Å²) in [5.74, 6) is 0.294. The number of nitrogens with one attached hydrogen (secondary N) is 1. The van der Waals surface area contributed by atoms with Crippen LogP contribution in [0.2, 0.25) is 5.02 Å². The zero-order chi connectivity index (χ0) is 24.6. The number of aromatic nitrogens is 1. The average Bonchev–Trinajstić information content (AvgIpc) is 3.61. The smallest absolute Gasteiger partial charge is 0.408 e. The molecular formula is C26H28ClN5O3. The van der Waals surface area contributed by atoms with Crippen LogP contribution in [0.3, 0.4) is 0 Å². The van der Waals surface area contributed by atoms with Gasteiger partial charge in [0.1, 0.15) is 17.4 Å². The molecule has 2 aromatic rings. The summed E-state index contributed by atoms with van der Waals surface area (Å²) in [6.07, 6.45) is 3.38. The quantitative estimate of drug-likeness (QED) is 0.631. The molecule has 0 unspecified atom stereocenters. The number of carbonyl (C=O) groups excluding carboxylic acids is 1. The topological polar surface area (TPSA) is 110 Å². The van der Waals surface area contributed by atoms with E-state index in [2.05, 4.69) is 21.3 Å². The average molecular weight is 494 g/mol. The van der Waals surface area contributed by atoms with Crippen LogP contribution in [0.4, 0.5) is 10.6 Å². The van der Waals surface area contributed by atoms with E-state index in [1.807, 2.05) is 18.2 Å². The largest absolute Gasteiger partial charge is 0.465 e. The van der Waals surface area contributed by atoms with Gasteiger partial charge in [-0.15, -0.1) is 0 Å². The fourth-order valence-corrected chi connectivity index (χ4v) is 5.89. The van der Waals surface area contributed by atoms with Crippen molar-refractivity contribution in [1.29, 1.82) is 5.26 Å². The number of anilines is 1. The van der Waals surface area contributed by atoms with Gasteiger partial charge in [0, 0.05) is 55.3 Å². The lowest BCUT2D eigenvalue weighted by atomic mass is 9.71. The first-order valence-electron chi connectivity index (χ1n) is 12.1. The molecule has 182 valence electrons. The lowest BCUT2D eigenvalue weighted by Gasteiger charge is -2.45. The van der Waals surface area contributed by atoms with Crippen LogP contribution in [-0.4, -0.2) is 64.6 Å². The Labute approximate surface area is 209 Å². The van der Waals surface area contributed by atoms with E-state index in [1.54, 1.807) is 24.4 Å². The highest BCUT2D eigenvalue weighted by Crippen LogP contribution is 2.46. The van der Waals surface area contributed by atoms with E-state index in [1.165, 1.54) is 4.90 Å². The van der Waals surface area contributed by atoms with Crippen molar-refractivity contribution >= 4 is 29.3 Å². The molecule has 3 aliphatic rings. The molecule has 1 aromatic carbocycles. The number of benzene rings is 1. The Morgan fingerprint density at radius 3 is 2.43 bits per heavy atom. The number of nitriles is 1. The van der Waals surface area contributed by atoms with Crippen LogP contribution < -0.4 is 10.2 Å². The zero-order valence-corrected chi connectivity index (χ0v) is 20.1. The predicted molar refractivity (Wildman–Crippen MR) is 132 cm³/mol. The van der Waals surface area contributed by atoms with Gasteiger partial charge in [0.05, 0.1) is 5.56 Å². The molecule has 1 aromatic heterocycles. The maximum atomic E-state index is 14.3. The molecule has 0 bridgehead atoms. The number of nitrogens with zero attached hydrogens (tertiary/aromatic N) is 4. The standard InChI is InChI=1S/C26H28ClN5O3/c27-20-4-2-18(3-5-20)22-15-29-16-26(22,32(25(34)35)21-6-7-21)24(33)19-9-11-31(12-10-19)23-8-1-17(13-28)14-30-23/h1-5,8,14,19,21-22,29H,6-7,9-12,15-16H2,(H,34,35)/t22-,26+/m0/s1. The Morgan fingerprint density at radius 2 is 1.86 bits per heavy atom. The van der Waals surface area contributed by atoms with Gasteiger partial charge in [0.25, 0.3) is 0 Å². The SMILES string of the molecule is N#Cc1ccc(N2CCC(C(=O)[C@@]3(N(C(=O)O)C4CC4)CNC[C@H]3c3ccc(Cl)cc3)CC2)nc1. The molecule has 1 amide bonds. The Balaban J connectivity index is 1.42. The number of Topliss-reactive ketones (excluding diaryl/α,β-unsaturated/α-hetero) is 1. The summed E-state index contributed by atoms with van der Waals surface area (Å²) >= 11 is 6.12. The Kier molecular flexibility index (Phi) is 6.39. The number of hydrogen-bond acceptors (Lipinski definition) is 6. The third-order valence-corrected chi connectivity index (χ3v) is 7.89. The Morgan fingerprint density at radius 1 is 1.14 bits per heavy atom. The fourth-order valence-electron chi connectivity index (χ4n) is 5.77. The van der Waals surface area contributed by atoms with E-state index in [4.69, 9.17) is 16.9 Å². The lowest BCUT2D eigenvalue weighted by Crippen LogP contribution is -2.64. The molecule has 2 saturated heterocycles. The molecule has 2 aliphatic heterocycles. The molecule has 0 radical (unpaired) electrons. The number of amides is 1. The molecule has 2 N–H and O–H groups in total. The van der Waals surface area contributed by atoms with Gasteiger partial charge in [0.2, 0.25) is 0 Å². The first-order chi connectivity index (χ1) is 16.9. The van der Waals surface area contributed by atoms with Crippen LogP contribution >= 0.6 is 11.6 Å². The number of carboxylic acid groups (broad SMARTS) is 1. The highest BCUT2D eigenvalue weighted by atomic mass is 35.5. The summed E-state index contributed by atoms with van der Waals surface area (Å²) in [7, 11) is 0. The van der Waals surface area contributed by atoms with Gasteiger partial charge in [-0.25, -0.2) is 9.78 Å². The summed E-state index contributed by atoms with van der Waals surface area (Å²) in [4.78, 5) is 34.9. The number of pyridine rings is 1. The number of halogens is 1. The van der Waals surface area contributed by atoms with Crippen LogP contribution in [0.5, 0.6) is 0 Å². The van der Waals surface area contributed by atoms with E-state index < -0.39 is 11.6 Å². The minimum atomic E-state index is -1.14. The minimum Gasteiger partial charge on any atom is -0.465 e. The van der Waals surface area contributed by atoms with Crippen LogP contribution in [0, 0.1) is 17.2 Å². The molecule has 8 nitrogen and oxygen atoms in total. The van der Waals surface area contributed by atoms with Crippen molar-refractivity contribution in [2.45, 2.75) is 43.2 Å². The highest BCUT2D eigenvalue weighted by molar-refractivity contribution is 6.30. The molecule has 5 rings (SSSR count).